The molecule has 0 aliphatic carbocycles. The van der Waals surface area contributed by atoms with Gasteiger partial charge in [-0.25, -0.2) is 4.39 Å². The Morgan fingerprint density at radius 1 is 1.00 bits per heavy atom. The summed E-state index contributed by atoms with van der Waals surface area (Å²) in [6.45, 7) is 0.248. The third-order valence-corrected chi connectivity index (χ3v) is 7.08. The molecule has 1 aliphatic rings. The third kappa shape index (κ3) is 3.34. The van der Waals surface area contributed by atoms with Crippen molar-refractivity contribution in [3.63, 3.8) is 0 Å². The molecule has 1 amide bonds. The molecule has 1 aliphatic heterocycles. The van der Waals surface area contributed by atoms with Crippen molar-refractivity contribution in [3.8, 4) is 11.4 Å². The third-order valence-electron chi connectivity index (χ3n) is 5.55. The molecule has 0 N–H and O–H groups in total. The number of rotatable bonds is 3. The fourth-order valence-corrected chi connectivity index (χ4v) is 5.32. The van der Waals surface area contributed by atoms with E-state index in [0.717, 1.165) is 26.9 Å². The van der Waals surface area contributed by atoms with Crippen molar-refractivity contribution in [1.82, 2.24) is 19.6 Å². The first-order valence-electron chi connectivity index (χ1n) is 10.2. The summed E-state index contributed by atoms with van der Waals surface area (Å²) >= 11 is 4.60. The maximum Gasteiger partial charge on any atom is 0.291 e. The highest BCUT2D eigenvalue weighted by molar-refractivity contribution is 9.10. The number of benzene rings is 2. The van der Waals surface area contributed by atoms with Gasteiger partial charge in [0.15, 0.2) is 5.82 Å². The van der Waals surface area contributed by atoms with Gasteiger partial charge >= 0.3 is 0 Å². The van der Waals surface area contributed by atoms with Crippen LogP contribution in [0.25, 0.3) is 21.9 Å². The van der Waals surface area contributed by atoms with E-state index >= 15 is 0 Å². The largest absolute Gasteiger partial charge is 0.303 e. The molecule has 0 saturated heterocycles. The lowest BCUT2D eigenvalue weighted by atomic mass is 10.1. The van der Waals surface area contributed by atoms with Crippen LogP contribution in [-0.2, 0) is 11.3 Å². The highest BCUT2D eigenvalue weighted by atomic mass is 79.9. The molecule has 166 valence electrons. The van der Waals surface area contributed by atoms with E-state index in [1.807, 2.05) is 18.2 Å². The summed E-state index contributed by atoms with van der Waals surface area (Å²) in [5.41, 5.74) is 2.77. The van der Waals surface area contributed by atoms with E-state index in [1.54, 1.807) is 41.6 Å². The number of halogens is 2. The molecule has 0 unspecified atom stereocenters. The molecule has 0 bridgehead atoms. The van der Waals surface area contributed by atoms with Crippen molar-refractivity contribution in [2.45, 2.75) is 6.54 Å². The van der Waals surface area contributed by atoms with E-state index in [9.17, 15) is 14.0 Å². The van der Waals surface area contributed by atoms with Crippen LogP contribution in [0.2, 0.25) is 0 Å². The van der Waals surface area contributed by atoms with Crippen LogP contribution in [-0.4, -0.2) is 25.5 Å². The van der Waals surface area contributed by atoms with Crippen molar-refractivity contribution in [3.05, 3.63) is 103 Å². The number of anilines is 1. The van der Waals surface area contributed by atoms with Gasteiger partial charge in [-0.3, -0.25) is 14.6 Å². The number of amides is 1. The van der Waals surface area contributed by atoms with E-state index < -0.39 is 5.56 Å². The zero-order valence-corrected chi connectivity index (χ0v) is 19.7. The minimum atomic E-state index is -0.397. The summed E-state index contributed by atoms with van der Waals surface area (Å²) in [5.74, 6) is -0.223. The Morgan fingerprint density at radius 3 is 2.50 bits per heavy atom. The summed E-state index contributed by atoms with van der Waals surface area (Å²) in [6.07, 6.45) is 3.26. The monoisotopic (exact) mass is 533 g/mol. The molecule has 4 heterocycles. The molecule has 10 heteroatoms. The smallest absolute Gasteiger partial charge is 0.291 e. The number of carbonyl (C=O) groups excluding carboxylic acids is 1. The average Bonchev–Trinajstić information content (AvgIpc) is 3.47. The average molecular weight is 534 g/mol. The highest BCUT2D eigenvalue weighted by Gasteiger charge is 2.34. The molecule has 3 aromatic heterocycles. The van der Waals surface area contributed by atoms with Gasteiger partial charge in [0.25, 0.3) is 11.5 Å². The van der Waals surface area contributed by atoms with Gasteiger partial charge in [-0.2, -0.15) is 9.50 Å². The minimum absolute atomic E-state index is 0.248. The van der Waals surface area contributed by atoms with Crippen LogP contribution in [0.1, 0.15) is 11.1 Å². The van der Waals surface area contributed by atoms with Crippen LogP contribution in [0.4, 0.5) is 10.1 Å². The first-order valence-corrected chi connectivity index (χ1v) is 11.8. The first kappa shape index (κ1) is 20.8. The number of hydrogen-bond acceptors (Lipinski definition) is 6. The number of carbonyl (C=O) groups is 1. The second-order valence-corrected chi connectivity index (χ2v) is 9.55. The number of hydrogen-bond donors (Lipinski definition) is 0. The van der Waals surface area contributed by atoms with Crippen LogP contribution in [0.3, 0.4) is 0 Å². The lowest BCUT2D eigenvalue weighted by Crippen LogP contribution is -2.32. The Hall–Kier alpha value is -3.76. The zero-order chi connectivity index (χ0) is 23.4. The molecule has 0 saturated carbocycles. The normalized spacial score (nSPS) is 14.8. The standard InChI is InChI=1S/C24H13BrFN5O2S/c25-15-3-6-18-17(11-15)19(22(32)30(18)12-13-1-4-16(26)5-2-13)20-23(33)31-24(34-20)28-21(29-31)14-7-9-27-10-8-14/h1-11H,12H2/b20-19-. The van der Waals surface area contributed by atoms with E-state index in [2.05, 4.69) is 31.0 Å². The lowest BCUT2D eigenvalue weighted by Gasteiger charge is -2.17. The van der Waals surface area contributed by atoms with Crippen molar-refractivity contribution in [2.24, 2.45) is 0 Å². The molecule has 6 rings (SSSR count). The maximum atomic E-state index is 13.6. The van der Waals surface area contributed by atoms with Crippen LogP contribution < -0.4 is 15.0 Å². The molecule has 34 heavy (non-hydrogen) atoms. The van der Waals surface area contributed by atoms with Gasteiger partial charge in [0, 0.05) is 28.0 Å². The highest BCUT2D eigenvalue weighted by Crippen LogP contribution is 2.38. The van der Waals surface area contributed by atoms with Gasteiger partial charge in [0.2, 0.25) is 4.96 Å². The number of aromatic nitrogens is 4. The molecular formula is C24H13BrFN5O2S. The molecule has 0 fully saturated rings. The van der Waals surface area contributed by atoms with Crippen LogP contribution in [0.15, 0.2) is 76.3 Å². The van der Waals surface area contributed by atoms with Crippen LogP contribution in [0, 0.1) is 5.82 Å². The summed E-state index contributed by atoms with van der Waals surface area (Å²) in [7, 11) is 0. The summed E-state index contributed by atoms with van der Waals surface area (Å²) in [4.78, 5) is 37.4. The van der Waals surface area contributed by atoms with Crippen molar-refractivity contribution < 1.29 is 9.18 Å². The second kappa shape index (κ2) is 7.93. The summed E-state index contributed by atoms with van der Waals surface area (Å²) in [6, 6.07) is 15.0. The number of nitrogens with zero attached hydrogens (tertiary/aromatic N) is 5. The fraction of sp³-hybridized carbons (Fsp3) is 0.0417. The van der Waals surface area contributed by atoms with Crippen molar-refractivity contribution in [1.29, 1.82) is 0 Å². The Labute approximate surface area is 204 Å². The van der Waals surface area contributed by atoms with Crippen LogP contribution in [0.5, 0.6) is 0 Å². The minimum Gasteiger partial charge on any atom is -0.303 e. The molecular weight excluding hydrogens is 521 g/mol. The van der Waals surface area contributed by atoms with Gasteiger partial charge < -0.3 is 4.90 Å². The molecule has 0 atom stereocenters. The summed E-state index contributed by atoms with van der Waals surface area (Å²) < 4.78 is 15.7. The molecule has 7 nitrogen and oxygen atoms in total. The second-order valence-electron chi connectivity index (χ2n) is 7.66. The van der Waals surface area contributed by atoms with Gasteiger partial charge in [-0.15, -0.1) is 5.10 Å². The molecule has 0 spiro atoms. The lowest BCUT2D eigenvalue weighted by molar-refractivity contribution is -0.113. The Morgan fingerprint density at radius 2 is 1.76 bits per heavy atom. The SMILES string of the molecule is O=C1/C(=c2\sc3nc(-c4ccncc4)nn3c2=O)c2cc(Br)ccc2N1Cc1ccc(F)cc1. The maximum absolute atomic E-state index is 13.6. The Balaban J connectivity index is 1.51. The predicted octanol–water partition coefficient (Wildman–Crippen LogP) is 3.58. The zero-order valence-electron chi connectivity index (χ0n) is 17.3. The summed E-state index contributed by atoms with van der Waals surface area (Å²) in [5, 5.41) is 4.36. The van der Waals surface area contributed by atoms with Gasteiger partial charge in [0.1, 0.15) is 10.3 Å². The van der Waals surface area contributed by atoms with E-state index in [0.29, 0.717) is 27.6 Å². The molecule has 2 aromatic carbocycles. The van der Waals surface area contributed by atoms with E-state index in [-0.39, 0.29) is 22.8 Å². The Bertz CT molecular complexity index is 1700. The topological polar surface area (TPSA) is 80.5 Å². The predicted molar refractivity (Wildman–Crippen MR) is 130 cm³/mol. The van der Waals surface area contributed by atoms with Gasteiger partial charge in [0.05, 0.1) is 17.8 Å². The first-order chi connectivity index (χ1) is 16.5. The number of pyridine rings is 1. The van der Waals surface area contributed by atoms with Crippen molar-refractivity contribution >= 4 is 49.4 Å². The van der Waals surface area contributed by atoms with Crippen LogP contribution >= 0.6 is 27.3 Å². The quantitative estimate of drug-likeness (QED) is 0.354. The van der Waals surface area contributed by atoms with Gasteiger partial charge in [-0.05, 0) is 48.0 Å². The van der Waals surface area contributed by atoms with E-state index in [4.69, 9.17) is 0 Å². The Kier molecular flexibility index (Phi) is 4.85. The van der Waals surface area contributed by atoms with Crippen molar-refractivity contribution in [2.75, 3.05) is 4.90 Å². The molecule has 5 aromatic rings. The number of fused-ring (bicyclic) bond motifs is 2. The fourth-order valence-electron chi connectivity index (χ4n) is 3.96. The van der Waals surface area contributed by atoms with Gasteiger partial charge in [-0.1, -0.05) is 39.4 Å². The molecule has 0 radical (unpaired) electrons. The van der Waals surface area contributed by atoms with E-state index in [1.165, 1.54) is 16.6 Å². The number of thiazole rings is 1.